The van der Waals surface area contributed by atoms with Gasteiger partial charge in [-0.15, -0.1) is 6.58 Å². The van der Waals surface area contributed by atoms with E-state index in [0.29, 0.717) is 5.56 Å². The Bertz CT molecular complexity index is 883. The summed E-state index contributed by atoms with van der Waals surface area (Å²) in [6.07, 6.45) is 5.06. The van der Waals surface area contributed by atoms with Crippen molar-refractivity contribution in [2.45, 2.75) is 5.92 Å². The van der Waals surface area contributed by atoms with Crippen LogP contribution in [0.5, 0.6) is 0 Å². The Morgan fingerprint density at radius 3 is 2.07 bits per heavy atom. The van der Waals surface area contributed by atoms with E-state index in [0.717, 1.165) is 11.1 Å². The minimum Gasteiger partial charge on any atom is -0.468 e. The summed E-state index contributed by atoms with van der Waals surface area (Å²) in [6.45, 7) is 3.87. The summed E-state index contributed by atoms with van der Waals surface area (Å²) in [5.41, 5.74) is 2.08. The number of allylic oxidation sites excluding steroid dienone is 1. The average Bonchev–Trinajstić information content (AvgIpc) is 2.80. The Labute approximate surface area is 175 Å². The lowest BCUT2D eigenvalue weighted by atomic mass is 9.85. The number of carbonyl (C=O) groups is 3. The highest BCUT2D eigenvalue weighted by molar-refractivity contribution is 5.96. The van der Waals surface area contributed by atoms with Crippen LogP contribution in [0.2, 0.25) is 0 Å². The fourth-order valence-corrected chi connectivity index (χ4v) is 2.90. The van der Waals surface area contributed by atoms with Gasteiger partial charge in [0.05, 0.1) is 19.8 Å². The summed E-state index contributed by atoms with van der Waals surface area (Å²) < 4.78 is 14.7. The van der Waals surface area contributed by atoms with Crippen LogP contribution in [0.15, 0.2) is 73.3 Å². The largest absolute Gasteiger partial charge is 0.468 e. The molecule has 0 saturated carbocycles. The van der Waals surface area contributed by atoms with Crippen molar-refractivity contribution in [1.29, 1.82) is 0 Å². The minimum absolute atomic E-state index is 0.136. The quantitative estimate of drug-likeness (QED) is 0.272. The topological polar surface area (TPSA) is 78.9 Å². The second-order valence-corrected chi connectivity index (χ2v) is 6.32. The fourth-order valence-electron chi connectivity index (χ4n) is 2.90. The molecule has 6 heteroatoms. The third-order valence-corrected chi connectivity index (χ3v) is 4.48. The zero-order valence-electron chi connectivity index (χ0n) is 16.9. The first-order valence-corrected chi connectivity index (χ1v) is 9.28. The van der Waals surface area contributed by atoms with Crippen LogP contribution < -0.4 is 0 Å². The first-order chi connectivity index (χ1) is 14.5. The van der Waals surface area contributed by atoms with Gasteiger partial charge in [0.1, 0.15) is 6.61 Å². The smallest absolute Gasteiger partial charge is 0.338 e. The molecule has 0 aliphatic rings. The van der Waals surface area contributed by atoms with Gasteiger partial charge in [0.25, 0.3) is 0 Å². The summed E-state index contributed by atoms with van der Waals surface area (Å²) in [7, 11) is 2.44. The van der Waals surface area contributed by atoms with E-state index < -0.39 is 23.8 Å². The van der Waals surface area contributed by atoms with Crippen LogP contribution >= 0.6 is 0 Å². The van der Waals surface area contributed by atoms with Crippen molar-refractivity contribution < 1.29 is 28.6 Å². The van der Waals surface area contributed by atoms with Gasteiger partial charge in [0.2, 0.25) is 0 Å². The number of ether oxygens (including phenoxy) is 3. The SMILES string of the molecule is C=CC(c1ccc(/C=C/COC(=O)c2ccccc2)cc1)C(C(=O)OC)C(=O)OC. The van der Waals surface area contributed by atoms with Gasteiger partial charge in [0.15, 0.2) is 5.92 Å². The lowest BCUT2D eigenvalue weighted by Crippen LogP contribution is -2.31. The van der Waals surface area contributed by atoms with Gasteiger partial charge in [-0.05, 0) is 29.3 Å². The highest BCUT2D eigenvalue weighted by atomic mass is 16.5. The van der Waals surface area contributed by atoms with Crippen LogP contribution in [0, 0.1) is 5.92 Å². The first kappa shape index (κ1) is 22.6. The first-order valence-electron chi connectivity index (χ1n) is 9.28. The molecule has 2 aromatic rings. The minimum atomic E-state index is -1.13. The molecular formula is C24H24O6. The molecule has 1 atom stereocenters. The monoisotopic (exact) mass is 408 g/mol. The summed E-state index contributed by atoms with van der Waals surface area (Å²) >= 11 is 0. The molecule has 0 spiro atoms. The Kier molecular flexibility index (Phi) is 8.56. The van der Waals surface area contributed by atoms with E-state index in [9.17, 15) is 14.4 Å². The number of hydrogen-bond acceptors (Lipinski definition) is 6. The number of esters is 3. The molecule has 2 aromatic carbocycles. The third-order valence-electron chi connectivity index (χ3n) is 4.48. The van der Waals surface area contributed by atoms with Gasteiger partial charge in [-0.1, -0.05) is 54.6 Å². The van der Waals surface area contributed by atoms with Crippen molar-refractivity contribution in [2.75, 3.05) is 20.8 Å². The van der Waals surface area contributed by atoms with Crippen LogP contribution in [0.4, 0.5) is 0 Å². The summed E-state index contributed by atoms with van der Waals surface area (Å²) in [5.74, 6) is -3.47. The highest BCUT2D eigenvalue weighted by Gasteiger charge is 2.36. The predicted octanol–water partition coefficient (Wildman–Crippen LogP) is 3.79. The summed E-state index contributed by atoms with van der Waals surface area (Å²) in [4.78, 5) is 36.0. The molecule has 0 amide bonds. The summed E-state index contributed by atoms with van der Waals surface area (Å²) in [6, 6.07) is 16.0. The molecule has 30 heavy (non-hydrogen) atoms. The van der Waals surface area contributed by atoms with Gasteiger partial charge in [-0.25, -0.2) is 4.79 Å². The van der Waals surface area contributed by atoms with Crippen LogP contribution in [0.25, 0.3) is 6.08 Å². The van der Waals surface area contributed by atoms with Crippen molar-refractivity contribution >= 4 is 24.0 Å². The van der Waals surface area contributed by atoms with Crippen LogP contribution in [0.3, 0.4) is 0 Å². The van der Waals surface area contributed by atoms with Crippen molar-refractivity contribution in [3.63, 3.8) is 0 Å². The molecule has 0 N–H and O–H groups in total. The lowest BCUT2D eigenvalue weighted by molar-refractivity contribution is -0.159. The second-order valence-electron chi connectivity index (χ2n) is 6.32. The third kappa shape index (κ3) is 5.91. The van der Waals surface area contributed by atoms with E-state index in [-0.39, 0.29) is 12.6 Å². The number of carbonyl (C=O) groups excluding carboxylic acids is 3. The van der Waals surface area contributed by atoms with Gasteiger partial charge in [-0.2, -0.15) is 0 Å². The molecule has 0 saturated heterocycles. The molecule has 2 rings (SSSR count). The number of methoxy groups -OCH3 is 2. The fraction of sp³-hybridized carbons (Fsp3) is 0.208. The number of benzene rings is 2. The van der Waals surface area contributed by atoms with E-state index in [1.807, 2.05) is 24.3 Å². The van der Waals surface area contributed by atoms with Crippen molar-refractivity contribution in [1.82, 2.24) is 0 Å². The van der Waals surface area contributed by atoms with Crippen LogP contribution in [-0.2, 0) is 23.8 Å². The number of hydrogen-bond donors (Lipinski definition) is 0. The molecule has 0 aromatic heterocycles. The molecule has 0 fully saturated rings. The molecule has 0 bridgehead atoms. The maximum absolute atomic E-state index is 12.1. The van der Waals surface area contributed by atoms with Crippen LogP contribution in [0.1, 0.15) is 27.4 Å². The normalized spacial score (nSPS) is 11.7. The van der Waals surface area contributed by atoms with E-state index >= 15 is 0 Å². The zero-order valence-corrected chi connectivity index (χ0v) is 16.9. The molecule has 0 aliphatic heterocycles. The lowest BCUT2D eigenvalue weighted by Gasteiger charge is -2.20. The Morgan fingerprint density at radius 2 is 1.53 bits per heavy atom. The van der Waals surface area contributed by atoms with Gasteiger partial charge < -0.3 is 14.2 Å². The average molecular weight is 408 g/mol. The van der Waals surface area contributed by atoms with E-state index in [4.69, 9.17) is 14.2 Å². The van der Waals surface area contributed by atoms with Gasteiger partial charge >= 0.3 is 17.9 Å². The molecular weight excluding hydrogens is 384 g/mol. The van der Waals surface area contributed by atoms with Crippen molar-refractivity contribution in [2.24, 2.45) is 5.92 Å². The van der Waals surface area contributed by atoms with E-state index in [1.165, 1.54) is 20.3 Å². The summed E-state index contributed by atoms with van der Waals surface area (Å²) in [5, 5.41) is 0. The van der Waals surface area contributed by atoms with Crippen molar-refractivity contribution in [3.8, 4) is 0 Å². The number of rotatable bonds is 9. The molecule has 1 unspecified atom stereocenters. The van der Waals surface area contributed by atoms with Crippen LogP contribution in [-0.4, -0.2) is 38.7 Å². The molecule has 0 aliphatic carbocycles. The Balaban J connectivity index is 2.02. The van der Waals surface area contributed by atoms with Gasteiger partial charge in [0, 0.05) is 5.92 Å². The second kappa shape index (κ2) is 11.4. The molecule has 0 radical (unpaired) electrons. The zero-order chi connectivity index (χ0) is 21.9. The molecule has 0 heterocycles. The molecule has 156 valence electrons. The standard InChI is InChI=1S/C24H24O6/c1-4-20(21(23(26)28-2)24(27)29-3)18-14-12-17(13-15-18)9-8-16-30-22(25)19-10-6-5-7-11-19/h4-15,20-21H,1,16H2,2-3H3/b9-8+. The Hall–Kier alpha value is -3.67. The Morgan fingerprint density at radius 1 is 0.933 bits per heavy atom. The van der Waals surface area contributed by atoms with Gasteiger partial charge in [-0.3, -0.25) is 9.59 Å². The maximum Gasteiger partial charge on any atom is 0.338 e. The molecule has 6 nitrogen and oxygen atoms in total. The maximum atomic E-state index is 12.1. The highest BCUT2D eigenvalue weighted by Crippen LogP contribution is 2.28. The van der Waals surface area contributed by atoms with Crippen molar-refractivity contribution in [3.05, 3.63) is 90.0 Å². The predicted molar refractivity (Wildman–Crippen MR) is 113 cm³/mol. The van der Waals surface area contributed by atoms with E-state index in [2.05, 4.69) is 6.58 Å². The van der Waals surface area contributed by atoms with E-state index in [1.54, 1.807) is 42.5 Å².